The molecule has 0 bridgehead atoms. The van der Waals surface area contributed by atoms with E-state index in [0.29, 0.717) is 16.9 Å². The number of nitrogens with one attached hydrogen (secondary N) is 2. The molecule has 7 heteroatoms. The van der Waals surface area contributed by atoms with Crippen molar-refractivity contribution in [3.8, 4) is 0 Å². The summed E-state index contributed by atoms with van der Waals surface area (Å²) in [5, 5.41) is 13.7. The Hall–Kier alpha value is -2.70. The largest absolute Gasteiger partial charge is 0.401 e. The summed E-state index contributed by atoms with van der Waals surface area (Å²) in [6.07, 6.45) is 5.69. The zero-order chi connectivity index (χ0) is 13.1. The summed E-state index contributed by atoms with van der Waals surface area (Å²) in [7, 11) is 0. The molecule has 0 saturated heterocycles. The highest BCUT2D eigenvalue weighted by Crippen LogP contribution is 2.07. The zero-order valence-corrected chi connectivity index (χ0v) is 9.71. The second-order valence-electron chi connectivity index (χ2n) is 3.64. The first-order chi connectivity index (χ1) is 8.63. The molecule has 0 aromatic carbocycles. The number of aromatic nitrogens is 3. The molecular formula is C11H12N6O. The lowest BCUT2D eigenvalue weighted by Crippen LogP contribution is -2.25. The smallest absolute Gasteiger partial charge is 0.261 e. The van der Waals surface area contributed by atoms with Gasteiger partial charge in [-0.15, -0.1) is 0 Å². The van der Waals surface area contributed by atoms with Crippen LogP contribution in [-0.4, -0.2) is 26.7 Å². The van der Waals surface area contributed by atoms with E-state index in [1.807, 2.05) is 0 Å². The standard InChI is InChI=1S/C11H12N6O/c1-7(13)9(5-12)16-11(18)8-6-15-17-4-2-3-14-10(8)17/h2-6,12H,13H2,1H3,(H,16,18). The van der Waals surface area contributed by atoms with Crippen LogP contribution in [0.25, 0.3) is 5.65 Å². The highest BCUT2D eigenvalue weighted by molar-refractivity contribution is 6.02. The van der Waals surface area contributed by atoms with Crippen LogP contribution < -0.4 is 11.1 Å². The number of hydrogen-bond acceptors (Lipinski definition) is 5. The maximum atomic E-state index is 12.0. The molecule has 0 spiro atoms. The van der Waals surface area contributed by atoms with Gasteiger partial charge >= 0.3 is 0 Å². The molecule has 0 aliphatic heterocycles. The first-order valence-corrected chi connectivity index (χ1v) is 5.20. The number of nitrogens with zero attached hydrogens (tertiary/aromatic N) is 3. The Bertz CT molecular complexity index is 638. The van der Waals surface area contributed by atoms with Crippen molar-refractivity contribution in [2.75, 3.05) is 0 Å². The Morgan fingerprint density at radius 1 is 1.61 bits per heavy atom. The highest BCUT2D eigenvalue weighted by Gasteiger charge is 2.14. The lowest BCUT2D eigenvalue weighted by molar-refractivity contribution is 0.0969. The molecule has 0 atom stereocenters. The second-order valence-corrected chi connectivity index (χ2v) is 3.64. The lowest BCUT2D eigenvalue weighted by Gasteiger charge is -2.05. The summed E-state index contributed by atoms with van der Waals surface area (Å²) in [5.74, 6) is -0.396. The van der Waals surface area contributed by atoms with Gasteiger partial charge in [0.1, 0.15) is 5.56 Å². The maximum absolute atomic E-state index is 12.0. The molecule has 0 aliphatic rings. The number of fused-ring (bicyclic) bond motifs is 1. The number of nitrogens with two attached hydrogens (primary N) is 1. The van der Waals surface area contributed by atoms with E-state index in [1.165, 1.54) is 10.7 Å². The molecule has 1 amide bonds. The number of carbonyl (C=O) groups is 1. The Labute approximate surface area is 103 Å². The average molecular weight is 244 g/mol. The van der Waals surface area contributed by atoms with Crippen LogP contribution in [0.5, 0.6) is 0 Å². The highest BCUT2D eigenvalue weighted by atomic mass is 16.1. The van der Waals surface area contributed by atoms with Gasteiger partial charge in [-0.2, -0.15) is 5.10 Å². The molecular weight excluding hydrogens is 232 g/mol. The van der Waals surface area contributed by atoms with Crippen LogP contribution in [0.4, 0.5) is 0 Å². The summed E-state index contributed by atoms with van der Waals surface area (Å²) in [5.41, 5.74) is 6.94. The first kappa shape index (κ1) is 11.8. The predicted molar refractivity (Wildman–Crippen MR) is 66.1 cm³/mol. The van der Waals surface area contributed by atoms with Gasteiger partial charge in [-0.1, -0.05) is 0 Å². The molecule has 0 fully saturated rings. The fraction of sp³-hybridized carbons (Fsp3) is 0.0909. The molecule has 92 valence electrons. The van der Waals surface area contributed by atoms with E-state index in [9.17, 15) is 4.79 Å². The van der Waals surface area contributed by atoms with Gasteiger partial charge in [0.15, 0.2) is 5.65 Å². The summed E-state index contributed by atoms with van der Waals surface area (Å²) in [4.78, 5) is 16.1. The van der Waals surface area contributed by atoms with Gasteiger partial charge in [0.05, 0.1) is 11.9 Å². The Kier molecular flexibility index (Phi) is 3.05. The Balaban J connectivity index is 2.35. The number of amides is 1. The summed E-state index contributed by atoms with van der Waals surface area (Å²) >= 11 is 0. The van der Waals surface area contributed by atoms with Crippen LogP contribution in [0.2, 0.25) is 0 Å². The minimum Gasteiger partial charge on any atom is -0.401 e. The van der Waals surface area contributed by atoms with Crippen molar-refractivity contribution in [3.63, 3.8) is 0 Å². The van der Waals surface area contributed by atoms with E-state index in [-0.39, 0.29) is 5.70 Å². The van der Waals surface area contributed by atoms with Crippen molar-refractivity contribution < 1.29 is 4.79 Å². The van der Waals surface area contributed by atoms with Crippen molar-refractivity contribution in [1.29, 1.82) is 5.41 Å². The van der Waals surface area contributed by atoms with E-state index < -0.39 is 5.91 Å². The Morgan fingerprint density at radius 3 is 3.06 bits per heavy atom. The van der Waals surface area contributed by atoms with Crippen molar-refractivity contribution in [3.05, 3.63) is 41.6 Å². The number of allylic oxidation sites excluding steroid dienone is 2. The minimum atomic E-state index is -0.396. The SMILES string of the molecule is CC(N)=C(C=N)NC(=O)c1cnn2cccnc12. The minimum absolute atomic E-state index is 0.260. The van der Waals surface area contributed by atoms with E-state index in [1.54, 1.807) is 25.4 Å². The quantitative estimate of drug-likeness (QED) is 0.674. The number of hydrogen-bond donors (Lipinski definition) is 3. The molecule has 0 aliphatic carbocycles. The first-order valence-electron chi connectivity index (χ1n) is 5.20. The molecule has 2 rings (SSSR count). The van der Waals surface area contributed by atoms with E-state index in [2.05, 4.69) is 15.4 Å². The van der Waals surface area contributed by atoms with Gasteiger partial charge in [-0.25, -0.2) is 9.50 Å². The molecule has 2 heterocycles. The fourth-order valence-electron chi connectivity index (χ4n) is 1.43. The van der Waals surface area contributed by atoms with Crippen LogP contribution in [0, 0.1) is 5.41 Å². The number of rotatable bonds is 3. The van der Waals surface area contributed by atoms with Gasteiger partial charge in [0, 0.05) is 24.3 Å². The van der Waals surface area contributed by atoms with Gasteiger partial charge in [0.2, 0.25) is 0 Å². The van der Waals surface area contributed by atoms with Gasteiger partial charge in [0.25, 0.3) is 5.91 Å². The maximum Gasteiger partial charge on any atom is 0.261 e. The normalized spacial score (nSPS) is 12.1. The summed E-state index contributed by atoms with van der Waals surface area (Å²) in [6, 6.07) is 1.72. The third-order valence-electron chi connectivity index (χ3n) is 2.34. The summed E-state index contributed by atoms with van der Waals surface area (Å²) in [6.45, 7) is 1.61. The molecule has 2 aromatic rings. The molecule has 18 heavy (non-hydrogen) atoms. The molecule has 7 nitrogen and oxygen atoms in total. The van der Waals surface area contributed by atoms with Crippen molar-refractivity contribution in [2.24, 2.45) is 5.73 Å². The van der Waals surface area contributed by atoms with E-state index in [4.69, 9.17) is 11.1 Å². The average Bonchev–Trinajstić information content (AvgIpc) is 2.79. The fourth-order valence-corrected chi connectivity index (χ4v) is 1.43. The van der Waals surface area contributed by atoms with Crippen LogP contribution in [-0.2, 0) is 0 Å². The van der Waals surface area contributed by atoms with E-state index >= 15 is 0 Å². The van der Waals surface area contributed by atoms with Gasteiger partial charge < -0.3 is 16.5 Å². The van der Waals surface area contributed by atoms with Crippen LogP contribution >= 0.6 is 0 Å². The van der Waals surface area contributed by atoms with Crippen LogP contribution in [0.15, 0.2) is 36.1 Å². The van der Waals surface area contributed by atoms with Gasteiger partial charge in [-0.3, -0.25) is 4.79 Å². The van der Waals surface area contributed by atoms with Crippen molar-refractivity contribution >= 4 is 17.8 Å². The summed E-state index contributed by atoms with van der Waals surface area (Å²) < 4.78 is 1.50. The van der Waals surface area contributed by atoms with Crippen LogP contribution in [0.1, 0.15) is 17.3 Å². The Morgan fingerprint density at radius 2 is 2.39 bits per heavy atom. The van der Waals surface area contributed by atoms with Crippen LogP contribution in [0.3, 0.4) is 0 Å². The molecule has 0 radical (unpaired) electrons. The van der Waals surface area contributed by atoms with Crippen molar-refractivity contribution in [2.45, 2.75) is 6.92 Å². The zero-order valence-electron chi connectivity index (χ0n) is 9.71. The topological polar surface area (TPSA) is 109 Å². The molecule has 2 aromatic heterocycles. The number of carbonyl (C=O) groups excluding carboxylic acids is 1. The van der Waals surface area contributed by atoms with Crippen molar-refractivity contribution in [1.82, 2.24) is 19.9 Å². The van der Waals surface area contributed by atoms with Gasteiger partial charge in [-0.05, 0) is 13.0 Å². The predicted octanol–water partition coefficient (Wildman–Crippen LogP) is 0.299. The molecule has 4 N–H and O–H groups in total. The monoisotopic (exact) mass is 244 g/mol. The third-order valence-corrected chi connectivity index (χ3v) is 2.34. The lowest BCUT2D eigenvalue weighted by atomic mass is 10.3. The second kappa shape index (κ2) is 4.66. The molecule has 0 saturated carbocycles. The van der Waals surface area contributed by atoms with E-state index in [0.717, 1.165) is 6.21 Å². The molecule has 0 unspecified atom stereocenters. The third kappa shape index (κ3) is 2.05.